The van der Waals surface area contributed by atoms with Crippen molar-refractivity contribution in [1.82, 2.24) is 0 Å². The molecular weight excluding hydrogens is 242 g/mol. The Morgan fingerprint density at radius 3 is 2.11 bits per heavy atom. The SMILES string of the molecule is COc1cc(OC)cc(-c2ccccc2C(N)=O)c1. The Bertz CT molecular complexity index is 586. The molecule has 0 spiro atoms. The van der Waals surface area contributed by atoms with Crippen molar-refractivity contribution in [2.24, 2.45) is 5.73 Å². The van der Waals surface area contributed by atoms with Gasteiger partial charge in [0, 0.05) is 11.6 Å². The summed E-state index contributed by atoms with van der Waals surface area (Å²) in [4.78, 5) is 11.5. The number of carbonyl (C=O) groups is 1. The maximum atomic E-state index is 11.5. The van der Waals surface area contributed by atoms with Crippen LogP contribution in [0.25, 0.3) is 11.1 Å². The number of rotatable bonds is 4. The number of hydrogen-bond donors (Lipinski definition) is 1. The highest BCUT2D eigenvalue weighted by atomic mass is 16.5. The van der Waals surface area contributed by atoms with Gasteiger partial charge in [-0.05, 0) is 29.3 Å². The standard InChI is InChI=1S/C15H15NO3/c1-18-11-7-10(8-12(9-11)19-2)13-5-3-4-6-14(13)15(16)17/h3-9H,1-2H3,(H2,16,17). The maximum absolute atomic E-state index is 11.5. The van der Waals surface area contributed by atoms with Gasteiger partial charge in [-0.15, -0.1) is 0 Å². The number of nitrogens with two attached hydrogens (primary N) is 1. The van der Waals surface area contributed by atoms with E-state index in [1.165, 1.54) is 0 Å². The lowest BCUT2D eigenvalue weighted by Gasteiger charge is -2.11. The van der Waals surface area contributed by atoms with Gasteiger partial charge in [-0.3, -0.25) is 4.79 Å². The van der Waals surface area contributed by atoms with Crippen LogP contribution in [-0.2, 0) is 0 Å². The van der Waals surface area contributed by atoms with E-state index in [1.807, 2.05) is 24.3 Å². The smallest absolute Gasteiger partial charge is 0.249 e. The van der Waals surface area contributed by atoms with Crippen LogP contribution in [0.4, 0.5) is 0 Å². The summed E-state index contributed by atoms with van der Waals surface area (Å²) in [5, 5.41) is 0. The molecule has 0 radical (unpaired) electrons. The zero-order valence-electron chi connectivity index (χ0n) is 10.8. The van der Waals surface area contributed by atoms with Crippen LogP contribution in [0.15, 0.2) is 42.5 Å². The molecule has 0 bridgehead atoms. The summed E-state index contributed by atoms with van der Waals surface area (Å²) in [6, 6.07) is 12.6. The first kappa shape index (κ1) is 13.0. The summed E-state index contributed by atoms with van der Waals surface area (Å²) in [6.45, 7) is 0. The Hall–Kier alpha value is -2.49. The molecule has 2 N–H and O–H groups in total. The van der Waals surface area contributed by atoms with Gasteiger partial charge in [0.2, 0.25) is 5.91 Å². The first-order valence-corrected chi connectivity index (χ1v) is 5.78. The highest BCUT2D eigenvalue weighted by molar-refractivity contribution is 6.00. The molecule has 19 heavy (non-hydrogen) atoms. The van der Waals surface area contributed by atoms with E-state index in [4.69, 9.17) is 15.2 Å². The lowest BCUT2D eigenvalue weighted by Crippen LogP contribution is -2.12. The summed E-state index contributed by atoms with van der Waals surface area (Å²) < 4.78 is 10.4. The Kier molecular flexibility index (Phi) is 3.71. The van der Waals surface area contributed by atoms with E-state index in [0.29, 0.717) is 17.1 Å². The van der Waals surface area contributed by atoms with Gasteiger partial charge in [-0.1, -0.05) is 18.2 Å². The van der Waals surface area contributed by atoms with E-state index in [0.717, 1.165) is 11.1 Å². The van der Waals surface area contributed by atoms with Crippen LogP contribution in [0.1, 0.15) is 10.4 Å². The normalized spacial score (nSPS) is 10.0. The molecule has 0 fully saturated rings. The van der Waals surface area contributed by atoms with E-state index in [2.05, 4.69) is 0 Å². The van der Waals surface area contributed by atoms with Crippen molar-refractivity contribution in [1.29, 1.82) is 0 Å². The van der Waals surface area contributed by atoms with Gasteiger partial charge in [-0.2, -0.15) is 0 Å². The lowest BCUT2D eigenvalue weighted by molar-refractivity contribution is 0.100. The van der Waals surface area contributed by atoms with E-state index < -0.39 is 5.91 Å². The predicted octanol–water partition coefficient (Wildman–Crippen LogP) is 2.47. The van der Waals surface area contributed by atoms with Crippen molar-refractivity contribution in [3.05, 3.63) is 48.0 Å². The fraction of sp³-hybridized carbons (Fsp3) is 0.133. The third-order valence-corrected chi connectivity index (χ3v) is 2.85. The van der Waals surface area contributed by atoms with E-state index in [1.54, 1.807) is 32.4 Å². The van der Waals surface area contributed by atoms with Crippen molar-refractivity contribution >= 4 is 5.91 Å². The minimum atomic E-state index is -0.461. The summed E-state index contributed by atoms with van der Waals surface area (Å²) >= 11 is 0. The van der Waals surface area contributed by atoms with Crippen molar-refractivity contribution in [3.63, 3.8) is 0 Å². The van der Waals surface area contributed by atoms with Crippen LogP contribution in [0.3, 0.4) is 0 Å². The Morgan fingerprint density at radius 2 is 1.58 bits per heavy atom. The highest BCUT2D eigenvalue weighted by Gasteiger charge is 2.11. The molecule has 98 valence electrons. The second-order valence-electron chi connectivity index (χ2n) is 4.01. The molecule has 0 aromatic heterocycles. The molecule has 4 nitrogen and oxygen atoms in total. The summed E-state index contributed by atoms with van der Waals surface area (Å²) in [5.41, 5.74) is 7.44. The van der Waals surface area contributed by atoms with Crippen LogP contribution >= 0.6 is 0 Å². The fourth-order valence-electron chi connectivity index (χ4n) is 1.91. The van der Waals surface area contributed by atoms with Gasteiger partial charge in [0.15, 0.2) is 0 Å². The van der Waals surface area contributed by atoms with Crippen LogP contribution in [0, 0.1) is 0 Å². The minimum Gasteiger partial charge on any atom is -0.497 e. The molecule has 2 aromatic carbocycles. The van der Waals surface area contributed by atoms with Gasteiger partial charge < -0.3 is 15.2 Å². The third kappa shape index (κ3) is 2.68. The lowest BCUT2D eigenvalue weighted by atomic mass is 9.99. The molecular formula is C15H15NO3. The second kappa shape index (κ2) is 5.44. The molecule has 0 unspecified atom stereocenters. The van der Waals surface area contributed by atoms with Crippen LogP contribution < -0.4 is 15.2 Å². The van der Waals surface area contributed by atoms with Gasteiger partial charge in [-0.25, -0.2) is 0 Å². The average Bonchev–Trinajstić information content (AvgIpc) is 2.46. The molecule has 0 saturated carbocycles. The fourth-order valence-corrected chi connectivity index (χ4v) is 1.91. The van der Waals surface area contributed by atoms with Crippen molar-refractivity contribution < 1.29 is 14.3 Å². The van der Waals surface area contributed by atoms with Gasteiger partial charge in [0.1, 0.15) is 11.5 Å². The molecule has 0 saturated heterocycles. The first-order valence-electron chi connectivity index (χ1n) is 5.78. The number of primary amides is 1. The molecule has 0 aliphatic heterocycles. The Balaban J connectivity index is 2.61. The van der Waals surface area contributed by atoms with Crippen molar-refractivity contribution in [2.45, 2.75) is 0 Å². The van der Waals surface area contributed by atoms with Crippen molar-refractivity contribution in [2.75, 3.05) is 14.2 Å². The second-order valence-corrected chi connectivity index (χ2v) is 4.01. The number of methoxy groups -OCH3 is 2. The van der Waals surface area contributed by atoms with Gasteiger partial charge >= 0.3 is 0 Å². The molecule has 2 rings (SSSR count). The van der Waals surface area contributed by atoms with Crippen LogP contribution in [0.5, 0.6) is 11.5 Å². The summed E-state index contributed by atoms with van der Waals surface area (Å²) in [6.07, 6.45) is 0. The average molecular weight is 257 g/mol. The molecule has 4 heteroatoms. The van der Waals surface area contributed by atoms with Crippen LogP contribution in [0.2, 0.25) is 0 Å². The zero-order chi connectivity index (χ0) is 13.8. The number of hydrogen-bond acceptors (Lipinski definition) is 3. The van der Waals surface area contributed by atoms with Crippen LogP contribution in [-0.4, -0.2) is 20.1 Å². The molecule has 0 atom stereocenters. The van der Waals surface area contributed by atoms with Gasteiger partial charge in [0.25, 0.3) is 0 Å². The summed E-state index contributed by atoms with van der Waals surface area (Å²) in [7, 11) is 3.16. The minimum absolute atomic E-state index is 0.461. The van der Waals surface area contributed by atoms with E-state index >= 15 is 0 Å². The largest absolute Gasteiger partial charge is 0.497 e. The number of amides is 1. The Labute approximate surface area is 111 Å². The summed E-state index contributed by atoms with van der Waals surface area (Å²) in [5.74, 6) is 0.861. The number of carbonyl (C=O) groups excluding carboxylic acids is 1. The highest BCUT2D eigenvalue weighted by Crippen LogP contribution is 2.31. The third-order valence-electron chi connectivity index (χ3n) is 2.85. The first-order chi connectivity index (χ1) is 9.15. The van der Waals surface area contributed by atoms with Crippen molar-refractivity contribution in [3.8, 4) is 22.6 Å². The maximum Gasteiger partial charge on any atom is 0.249 e. The van der Waals surface area contributed by atoms with E-state index in [-0.39, 0.29) is 0 Å². The van der Waals surface area contributed by atoms with Gasteiger partial charge in [0.05, 0.1) is 14.2 Å². The quantitative estimate of drug-likeness (QED) is 0.915. The monoisotopic (exact) mass is 257 g/mol. The number of benzene rings is 2. The van der Waals surface area contributed by atoms with E-state index in [9.17, 15) is 4.79 Å². The molecule has 0 heterocycles. The number of ether oxygens (including phenoxy) is 2. The molecule has 0 aliphatic rings. The Morgan fingerprint density at radius 1 is 1.00 bits per heavy atom. The molecule has 1 amide bonds. The predicted molar refractivity (Wildman–Crippen MR) is 73.5 cm³/mol. The zero-order valence-corrected chi connectivity index (χ0v) is 10.8. The molecule has 2 aromatic rings. The molecule has 0 aliphatic carbocycles. The topological polar surface area (TPSA) is 61.6 Å².